The van der Waals surface area contributed by atoms with Gasteiger partial charge in [-0.15, -0.1) is 3.89 Å². The molecular weight excluding hydrogens is 312 g/mol. The third-order valence-electron chi connectivity index (χ3n) is 3.11. The highest BCUT2D eigenvalue weighted by Crippen LogP contribution is 2.24. The van der Waals surface area contributed by atoms with E-state index < -0.39 is 37.4 Å². The van der Waals surface area contributed by atoms with Gasteiger partial charge in [0, 0.05) is 6.04 Å². The van der Waals surface area contributed by atoms with Gasteiger partial charge in [-0.2, -0.15) is 8.42 Å². The maximum atomic E-state index is 13.0. The second-order valence-electron chi connectivity index (χ2n) is 4.64. The van der Waals surface area contributed by atoms with Crippen LogP contribution in [-0.2, 0) is 20.2 Å². The Kier molecular flexibility index (Phi) is 4.12. The second-order valence-corrected chi connectivity index (χ2v) is 7.70. The minimum absolute atomic E-state index is 0.121. The van der Waals surface area contributed by atoms with E-state index in [1.54, 1.807) is 0 Å². The molecule has 2 atom stereocenters. The molecule has 20 heavy (non-hydrogen) atoms. The van der Waals surface area contributed by atoms with Crippen molar-refractivity contribution in [2.45, 2.75) is 41.3 Å². The van der Waals surface area contributed by atoms with E-state index in [0.717, 1.165) is 24.3 Å². The Bertz CT molecular complexity index is 686. The van der Waals surface area contributed by atoms with Crippen LogP contribution >= 0.6 is 0 Å². The molecule has 0 radical (unpaired) electrons. The highest BCUT2D eigenvalue weighted by atomic mass is 32.3. The summed E-state index contributed by atoms with van der Waals surface area (Å²) in [4.78, 5) is -0.798. The van der Waals surface area contributed by atoms with E-state index >= 15 is 0 Å². The number of rotatable bonds is 4. The van der Waals surface area contributed by atoms with Crippen molar-refractivity contribution in [3.63, 3.8) is 0 Å². The van der Waals surface area contributed by atoms with E-state index in [1.807, 2.05) is 0 Å². The zero-order valence-corrected chi connectivity index (χ0v) is 11.9. The molecule has 0 spiro atoms. The third-order valence-corrected chi connectivity index (χ3v) is 5.48. The SMILES string of the molecule is O=S(=O)(F)c1ccc(S(=O)(=O)NC2CCC(F)C2)cc1. The average molecular weight is 325 g/mol. The van der Waals surface area contributed by atoms with E-state index in [0.29, 0.717) is 12.8 Å². The fraction of sp³-hybridized carbons (Fsp3) is 0.455. The van der Waals surface area contributed by atoms with Crippen molar-refractivity contribution in [1.82, 2.24) is 4.72 Å². The molecule has 0 heterocycles. The summed E-state index contributed by atoms with van der Waals surface area (Å²) < 4.78 is 73.3. The predicted octanol–water partition coefficient (Wildman–Crippen LogP) is 1.51. The van der Waals surface area contributed by atoms with Crippen molar-refractivity contribution in [2.24, 2.45) is 0 Å². The van der Waals surface area contributed by atoms with Crippen molar-refractivity contribution in [1.29, 1.82) is 0 Å². The minimum Gasteiger partial charge on any atom is -0.247 e. The fourth-order valence-electron chi connectivity index (χ4n) is 2.10. The molecule has 0 saturated heterocycles. The predicted molar refractivity (Wildman–Crippen MR) is 67.6 cm³/mol. The Morgan fingerprint density at radius 1 is 1.00 bits per heavy atom. The van der Waals surface area contributed by atoms with Gasteiger partial charge in [-0.05, 0) is 43.5 Å². The van der Waals surface area contributed by atoms with Gasteiger partial charge in [-0.1, -0.05) is 0 Å². The Labute approximate surface area is 116 Å². The number of halogens is 2. The topological polar surface area (TPSA) is 80.3 Å². The van der Waals surface area contributed by atoms with E-state index in [4.69, 9.17) is 0 Å². The molecule has 1 aromatic rings. The molecule has 1 saturated carbocycles. The van der Waals surface area contributed by atoms with Crippen LogP contribution in [0.15, 0.2) is 34.1 Å². The molecule has 0 amide bonds. The molecule has 1 aromatic carbocycles. The number of hydrogen-bond acceptors (Lipinski definition) is 4. The monoisotopic (exact) mass is 325 g/mol. The van der Waals surface area contributed by atoms with Gasteiger partial charge in [0.2, 0.25) is 10.0 Å². The Balaban J connectivity index is 2.18. The lowest BCUT2D eigenvalue weighted by molar-refractivity contribution is 0.337. The number of benzene rings is 1. The van der Waals surface area contributed by atoms with Crippen LogP contribution < -0.4 is 4.72 Å². The van der Waals surface area contributed by atoms with Crippen molar-refractivity contribution >= 4 is 20.2 Å². The van der Waals surface area contributed by atoms with Crippen LogP contribution in [0, 0.1) is 0 Å². The smallest absolute Gasteiger partial charge is 0.247 e. The van der Waals surface area contributed by atoms with Gasteiger partial charge in [-0.3, -0.25) is 0 Å². The summed E-state index contributed by atoms with van der Waals surface area (Å²) in [6.45, 7) is 0. The first-order valence-electron chi connectivity index (χ1n) is 5.89. The van der Waals surface area contributed by atoms with Crippen molar-refractivity contribution in [3.8, 4) is 0 Å². The lowest BCUT2D eigenvalue weighted by Gasteiger charge is -2.12. The number of sulfonamides is 1. The van der Waals surface area contributed by atoms with Crippen molar-refractivity contribution < 1.29 is 25.1 Å². The highest BCUT2D eigenvalue weighted by molar-refractivity contribution is 7.89. The summed E-state index contributed by atoms with van der Waals surface area (Å²) in [7, 11) is -8.72. The minimum atomic E-state index is -4.86. The molecule has 0 aliphatic heterocycles. The van der Waals surface area contributed by atoms with Crippen molar-refractivity contribution in [2.75, 3.05) is 0 Å². The molecule has 1 N–H and O–H groups in total. The molecule has 0 bridgehead atoms. The van der Waals surface area contributed by atoms with Gasteiger partial charge < -0.3 is 0 Å². The van der Waals surface area contributed by atoms with E-state index in [9.17, 15) is 25.1 Å². The van der Waals surface area contributed by atoms with Gasteiger partial charge in [0.05, 0.1) is 9.79 Å². The lowest BCUT2D eigenvalue weighted by atomic mass is 10.3. The molecule has 9 heteroatoms. The normalized spacial score (nSPS) is 23.9. The zero-order chi connectivity index (χ0) is 15.0. The highest BCUT2D eigenvalue weighted by Gasteiger charge is 2.28. The van der Waals surface area contributed by atoms with Gasteiger partial charge >= 0.3 is 10.2 Å². The fourth-order valence-corrected chi connectivity index (χ4v) is 3.85. The quantitative estimate of drug-likeness (QED) is 0.851. The van der Waals surface area contributed by atoms with Crippen molar-refractivity contribution in [3.05, 3.63) is 24.3 Å². The maximum absolute atomic E-state index is 13.0. The summed E-state index contributed by atoms with van der Waals surface area (Å²) >= 11 is 0. The lowest BCUT2D eigenvalue weighted by Crippen LogP contribution is -2.33. The molecule has 2 unspecified atom stereocenters. The summed E-state index contributed by atoms with van der Waals surface area (Å²) in [6, 6.07) is 3.26. The maximum Gasteiger partial charge on any atom is 0.332 e. The third kappa shape index (κ3) is 3.53. The molecular formula is C11H13F2NO4S2. The summed E-state index contributed by atoms with van der Waals surface area (Å²) in [5.74, 6) is 0. The zero-order valence-electron chi connectivity index (χ0n) is 10.3. The molecule has 1 aliphatic carbocycles. The van der Waals surface area contributed by atoms with E-state index in [2.05, 4.69) is 4.72 Å². The Hall–Kier alpha value is -1.06. The van der Waals surface area contributed by atoms with Crippen LogP contribution in [0.2, 0.25) is 0 Å². The number of alkyl halides is 1. The van der Waals surface area contributed by atoms with Crippen LogP contribution in [0.3, 0.4) is 0 Å². The van der Waals surface area contributed by atoms with Gasteiger partial charge in [0.25, 0.3) is 0 Å². The summed E-state index contributed by atoms with van der Waals surface area (Å²) in [5.41, 5.74) is 0. The Morgan fingerprint density at radius 3 is 2.00 bits per heavy atom. The van der Waals surface area contributed by atoms with Crippen LogP contribution in [-0.4, -0.2) is 29.0 Å². The molecule has 112 valence electrons. The van der Waals surface area contributed by atoms with E-state index in [-0.39, 0.29) is 11.3 Å². The summed E-state index contributed by atoms with van der Waals surface area (Å²) in [6.07, 6.45) is -0.165. The van der Waals surface area contributed by atoms with Gasteiger partial charge in [0.1, 0.15) is 6.17 Å². The number of hydrogen-bond donors (Lipinski definition) is 1. The van der Waals surface area contributed by atoms with Crippen LogP contribution in [0.5, 0.6) is 0 Å². The van der Waals surface area contributed by atoms with Gasteiger partial charge in [0.15, 0.2) is 0 Å². The van der Waals surface area contributed by atoms with E-state index in [1.165, 1.54) is 0 Å². The van der Waals surface area contributed by atoms with Gasteiger partial charge in [-0.25, -0.2) is 17.5 Å². The Morgan fingerprint density at radius 2 is 1.55 bits per heavy atom. The summed E-state index contributed by atoms with van der Waals surface area (Å²) in [5, 5.41) is 0. The molecule has 0 aromatic heterocycles. The molecule has 1 aliphatic rings. The van der Waals surface area contributed by atoms with Crippen LogP contribution in [0.1, 0.15) is 19.3 Å². The molecule has 1 fully saturated rings. The molecule has 2 rings (SSSR count). The second kappa shape index (κ2) is 5.38. The average Bonchev–Trinajstić information content (AvgIpc) is 2.73. The van der Waals surface area contributed by atoms with Crippen LogP contribution in [0.25, 0.3) is 0 Å². The number of nitrogens with one attached hydrogen (secondary N) is 1. The first kappa shape index (κ1) is 15.3. The molecule has 5 nitrogen and oxygen atoms in total. The first-order valence-corrected chi connectivity index (χ1v) is 8.76. The van der Waals surface area contributed by atoms with Crippen LogP contribution in [0.4, 0.5) is 8.28 Å². The largest absolute Gasteiger partial charge is 0.332 e. The first-order chi connectivity index (χ1) is 9.18. The standard InChI is InChI=1S/C11H13F2NO4S2/c12-8-1-2-9(7-8)14-20(17,18)11-5-3-10(4-6-11)19(13,15)16/h3-6,8-9,14H,1-2,7H2.